The third-order valence-corrected chi connectivity index (χ3v) is 5.22. The zero-order valence-corrected chi connectivity index (χ0v) is 18.1. The Hall–Kier alpha value is -3.10. The van der Waals surface area contributed by atoms with E-state index in [0.29, 0.717) is 31.0 Å². The Morgan fingerprint density at radius 2 is 1.77 bits per heavy atom. The molecule has 0 aliphatic carbocycles. The van der Waals surface area contributed by atoms with E-state index < -0.39 is 0 Å². The van der Waals surface area contributed by atoms with Gasteiger partial charge < -0.3 is 16.4 Å². The van der Waals surface area contributed by atoms with E-state index in [1.807, 2.05) is 61.5 Å². The lowest BCUT2D eigenvalue weighted by atomic mass is 10.1. The molecule has 1 amide bonds. The van der Waals surface area contributed by atoms with Crippen LogP contribution in [0.4, 0.5) is 23.0 Å². The van der Waals surface area contributed by atoms with E-state index in [1.54, 1.807) is 0 Å². The Bertz CT molecular complexity index is 1040. The molecule has 1 aromatic heterocycles. The molecule has 30 heavy (non-hydrogen) atoms. The third-order valence-electron chi connectivity index (χ3n) is 4.37. The summed E-state index contributed by atoms with van der Waals surface area (Å²) in [6.07, 6.45) is 2.72. The Kier molecular flexibility index (Phi) is 7.64. The van der Waals surface area contributed by atoms with Gasteiger partial charge in [-0.05, 0) is 42.3 Å². The summed E-state index contributed by atoms with van der Waals surface area (Å²) in [6, 6.07) is 17.7. The minimum absolute atomic E-state index is 0.0559. The molecule has 154 valence electrons. The lowest BCUT2D eigenvalue weighted by molar-refractivity contribution is -0.106. The molecule has 7 nitrogen and oxygen atoms in total. The highest BCUT2D eigenvalue weighted by molar-refractivity contribution is 9.09. The first-order valence-corrected chi connectivity index (χ1v) is 10.3. The maximum absolute atomic E-state index is 10.5. The molecule has 1 atom stereocenters. The highest BCUT2D eigenvalue weighted by atomic mass is 79.9. The molecular formula is C22H23BrN6O. The molecule has 0 saturated carbocycles. The van der Waals surface area contributed by atoms with Crippen LogP contribution in [0.25, 0.3) is 0 Å². The summed E-state index contributed by atoms with van der Waals surface area (Å²) in [4.78, 5) is 23.0. The van der Waals surface area contributed by atoms with E-state index >= 15 is 0 Å². The number of aromatic nitrogens is 2. The molecule has 4 N–H and O–H groups in total. The lowest BCUT2D eigenvalue weighted by Gasteiger charge is -2.13. The molecule has 0 bridgehead atoms. The number of amides is 1. The zero-order valence-electron chi connectivity index (χ0n) is 16.5. The fraction of sp³-hybridized carbons (Fsp3) is 0.182. The zero-order chi connectivity index (χ0) is 21.3. The average Bonchev–Trinajstić information content (AvgIpc) is 2.74. The SMILES string of the molecule is CC(CC(Br)c1cccc(Nc2cc(Nc3cccc(CN)c3)ncn2)c1)=NC=O. The summed E-state index contributed by atoms with van der Waals surface area (Å²) in [5, 5.41) is 6.58. The predicted octanol–water partition coefficient (Wildman–Crippen LogP) is 4.87. The van der Waals surface area contributed by atoms with Crippen LogP contribution in [0.3, 0.4) is 0 Å². The smallest absolute Gasteiger partial charge is 0.232 e. The Morgan fingerprint density at radius 1 is 1.10 bits per heavy atom. The summed E-state index contributed by atoms with van der Waals surface area (Å²) in [6.45, 7) is 2.32. The van der Waals surface area contributed by atoms with E-state index in [9.17, 15) is 4.79 Å². The van der Waals surface area contributed by atoms with Crippen molar-refractivity contribution in [1.82, 2.24) is 9.97 Å². The van der Waals surface area contributed by atoms with Crippen molar-refractivity contribution < 1.29 is 4.79 Å². The van der Waals surface area contributed by atoms with Crippen molar-refractivity contribution in [2.45, 2.75) is 24.7 Å². The van der Waals surface area contributed by atoms with Crippen LogP contribution in [0.5, 0.6) is 0 Å². The molecule has 1 unspecified atom stereocenters. The summed E-state index contributed by atoms with van der Waals surface area (Å²) in [5.74, 6) is 1.35. The van der Waals surface area contributed by atoms with Crippen molar-refractivity contribution in [3.8, 4) is 0 Å². The fourth-order valence-electron chi connectivity index (χ4n) is 2.90. The molecule has 0 aliphatic rings. The van der Waals surface area contributed by atoms with Crippen molar-refractivity contribution in [3.05, 3.63) is 72.1 Å². The predicted molar refractivity (Wildman–Crippen MR) is 125 cm³/mol. The molecule has 0 fully saturated rings. The summed E-state index contributed by atoms with van der Waals surface area (Å²) in [5.41, 5.74) is 10.4. The highest BCUT2D eigenvalue weighted by Gasteiger charge is 2.10. The molecule has 3 rings (SSSR count). The standard InChI is InChI=1S/C22H23BrN6O/c1-15(27-14-30)8-20(23)17-5-3-7-19(10-17)29-22-11-21(25-13-26-22)28-18-6-2-4-16(9-18)12-24/h2-7,9-11,13-14,20H,8,12,24H2,1H3,(H2,25,26,28,29). The van der Waals surface area contributed by atoms with Crippen LogP contribution in [0.2, 0.25) is 0 Å². The largest absolute Gasteiger partial charge is 0.340 e. The van der Waals surface area contributed by atoms with Gasteiger partial charge in [-0.3, -0.25) is 4.79 Å². The number of carbonyl (C=O) groups is 1. The van der Waals surface area contributed by atoms with Crippen molar-refractivity contribution in [2.24, 2.45) is 10.7 Å². The number of nitrogens with two attached hydrogens (primary N) is 1. The van der Waals surface area contributed by atoms with E-state index in [4.69, 9.17) is 5.73 Å². The third kappa shape index (κ3) is 6.20. The van der Waals surface area contributed by atoms with Gasteiger partial charge >= 0.3 is 0 Å². The van der Waals surface area contributed by atoms with Gasteiger partial charge in [-0.15, -0.1) is 0 Å². The minimum atomic E-state index is 0.0559. The van der Waals surface area contributed by atoms with Crippen LogP contribution in [0.15, 0.2) is 65.9 Å². The molecule has 0 aliphatic heterocycles. The first-order chi connectivity index (χ1) is 14.6. The second kappa shape index (κ2) is 10.6. The monoisotopic (exact) mass is 466 g/mol. The molecular weight excluding hydrogens is 444 g/mol. The van der Waals surface area contributed by atoms with Crippen molar-refractivity contribution in [3.63, 3.8) is 0 Å². The summed E-state index contributed by atoms with van der Waals surface area (Å²) < 4.78 is 0. The number of hydrogen-bond donors (Lipinski definition) is 3. The molecule has 3 aromatic rings. The number of benzene rings is 2. The van der Waals surface area contributed by atoms with Crippen LogP contribution >= 0.6 is 15.9 Å². The van der Waals surface area contributed by atoms with Crippen LogP contribution in [0.1, 0.15) is 29.3 Å². The summed E-state index contributed by atoms with van der Waals surface area (Å²) >= 11 is 3.67. The summed E-state index contributed by atoms with van der Waals surface area (Å²) in [7, 11) is 0. The van der Waals surface area contributed by atoms with E-state index in [2.05, 4.69) is 41.5 Å². The fourth-order valence-corrected chi connectivity index (χ4v) is 3.65. The Labute approximate surface area is 184 Å². The number of rotatable bonds is 9. The van der Waals surface area contributed by atoms with Gasteiger partial charge in [0, 0.05) is 40.9 Å². The van der Waals surface area contributed by atoms with Crippen LogP contribution in [-0.4, -0.2) is 22.1 Å². The lowest BCUT2D eigenvalue weighted by Crippen LogP contribution is -2.01. The number of halogens is 1. The first-order valence-electron chi connectivity index (χ1n) is 9.43. The number of carbonyl (C=O) groups excluding carboxylic acids is 1. The Balaban J connectivity index is 1.71. The van der Waals surface area contributed by atoms with Gasteiger partial charge in [-0.2, -0.15) is 0 Å². The quantitative estimate of drug-likeness (QED) is 0.236. The van der Waals surface area contributed by atoms with Crippen molar-refractivity contribution >= 4 is 51.1 Å². The Morgan fingerprint density at radius 3 is 2.43 bits per heavy atom. The number of hydrogen-bond acceptors (Lipinski definition) is 6. The van der Waals surface area contributed by atoms with Crippen LogP contribution < -0.4 is 16.4 Å². The molecule has 1 heterocycles. The molecule has 2 aromatic carbocycles. The molecule has 0 saturated heterocycles. The second-order valence-electron chi connectivity index (χ2n) is 6.71. The van der Waals surface area contributed by atoms with Gasteiger partial charge in [-0.1, -0.05) is 40.2 Å². The van der Waals surface area contributed by atoms with Gasteiger partial charge in [0.1, 0.15) is 18.0 Å². The van der Waals surface area contributed by atoms with Crippen LogP contribution in [0, 0.1) is 0 Å². The van der Waals surface area contributed by atoms with Crippen molar-refractivity contribution in [1.29, 1.82) is 0 Å². The van der Waals surface area contributed by atoms with Gasteiger partial charge in [0.2, 0.25) is 6.41 Å². The van der Waals surface area contributed by atoms with Gasteiger partial charge in [0.15, 0.2) is 0 Å². The van der Waals surface area contributed by atoms with E-state index in [-0.39, 0.29) is 4.83 Å². The first kappa shape index (κ1) is 21.6. The number of alkyl halides is 1. The van der Waals surface area contributed by atoms with Crippen molar-refractivity contribution in [2.75, 3.05) is 10.6 Å². The van der Waals surface area contributed by atoms with E-state index in [0.717, 1.165) is 28.2 Å². The number of nitrogens with zero attached hydrogens (tertiary/aromatic N) is 3. The maximum Gasteiger partial charge on any atom is 0.232 e. The normalized spacial score (nSPS) is 12.3. The average molecular weight is 467 g/mol. The van der Waals surface area contributed by atoms with E-state index in [1.165, 1.54) is 6.33 Å². The van der Waals surface area contributed by atoms with Gasteiger partial charge in [-0.25, -0.2) is 15.0 Å². The van der Waals surface area contributed by atoms with Gasteiger partial charge in [0.25, 0.3) is 0 Å². The van der Waals surface area contributed by atoms with Gasteiger partial charge in [0.05, 0.1) is 0 Å². The second-order valence-corrected chi connectivity index (χ2v) is 7.82. The maximum atomic E-state index is 10.5. The number of nitrogens with one attached hydrogen (secondary N) is 2. The number of anilines is 4. The highest BCUT2D eigenvalue weighted by Crippen LogP contribution is 2.29. The van der Waals surface area contributed by atoms with Crippen LogP contribution in [-0.2, 0) is 11.3 Å². The molecule has 0 radical (unpaired) electrons. The number of aliphatic imine (C=N–C) groups is 1. The molecule has 8 heteroatoms. The molecule has 0 spiro atoms. The topological polar surface area (TPSA) is 105 Å². The minimum Gasteiger partial charge on any atom is -0.340 e.